The summed E-state index contributed by atoms with van der Waals surface area (Å²) >= 11 is 0. The van der Waals surface area contributed by atoms with Gasteiger partial charge in [-0.15, -0.1) is 0 Å². The van der Waals surface area contributed by atoms with Crippen LogP contribution in [0.25, 0.3) is 11.1 Å². The van der Waals surface area contributed by atoms with E-state index in [0.717, 1.165) is 12.8 Å². The third kappa shape index (κ3) is 3.13. The maximum atomic E-state index is 12.7. The summed E-state index contributed by atoms with van der Waals surface area (Å²) in [7, 11) is -3.52. The van der Waals surface area contributed by atoms with E-state index < -0.39 is 16.0 Å². The van der Waals surface area contributed by atoms with Gasteiger partial charge in [0, 0.05) is 18.8 Å². The average Bonchev–Trinajstić information content (AvgIpc) is 3.09. The van der Waals surface area contributed by atoms with Crippen LogP contribution in [0, 0.1) is 0 Å². The first-order valence-corrected chi connectivity index (χ1v) is 9.06. The van der Waals surface area contributed by atoms with E-state index in [1.54, 1.807) is 30.3 Å². The molecule has 1 heterocycles. The Kier molecular flexibility index (Phi) is 4.29. The molecule has 0 saturated carbocycles. The highest BCUT2D eigenvalue weighted by Gasteiger charge is 2.27. The van der Waals surface area contributed by atoms with Gasteiger partial charge in [-0.25, -0.2) is 13.2 Å². The molecule has 0 radical (unpaired) electrons. The summed E-state index contributed by atoms with van der Waals surface area (Å²) in [5, 5.41) is 9.15. The molecular weight excluding hydrogens is 328 g/mol. The molecule has 1 saturated heterocycles. The Morgan fingerprint density at radius 2 is 1.75 bits per heavy atom. The van der Waals surface area contributed by atoms with Crippen molar-refractivity contribution in [3.8, 4) is 11.1 Å². The highest BCUT2D eigenvalue weighted by atomic mass is 32.2. The topological polar surface area (TPSA) is 101 Å². The summed E-state index contributed by atoms with van der Waals surface area (Å²) in [5.41, 5.74) is 7.34. The second kappa shape index (κ2) is 6.26. The number of hydrogen-bond acceptors (Lipinski definition) is 4. The minimum Gasteiger partial charge on any atom is -0.478 e. The van der Waals surface area contributed by atoms with Gasteiger partial charge in [0.1, 0.15) is 0 Å². The minimum atomic E-state index is -3.52. The number of aromatic carboxylic acids is 1. The molecule has 0 amide bonds. The Balaban J connectivity index is 2.04. The van der Waals surface area contributed by atoms with Crippen LogP contribution >= 0.6 is 0 Å². The van der Waals surface area contributed by atoms with E-state index in [4.69, 9.17) is 10.8 Å². The normalized spacial score (nSPS) is 15.5. The highest BCUT2D eigenvalue weighted by Crippen LogP contribution is 2.28. The molecular formula is C17H18N2O4S. The molecule has 0 atom stereocenters. The van der Waals surface area contributed by atoms with Gasteiger partial charge in [-0.3, -0.25) is 0 Å². The average molecular weight is 346 g/mol. The number of anilines is 1. The summed E-state index contributed by atoms with van der Waals surface area (Å²) in [5.74, 6) is -1.08. The monoisotopic (exact) mass is 346 g/mol. The van der Waals surface area contributed by atoms with E-state index in [1.165, 1.54) is 16.4 Å². The van der Waals surface area contributed by atoms with Crippen LogP contribution in [0.1, 0.15) is 23.2 Å². The molecule has 1 aliphatic heterocycles. The Morgan fingerprint density at radius 3 is 2.42 bits per heavy atom. The number of nitrogens with two attached hydrogens (primary N) is 1. The molecule has 2 aromatic rings. The zero-order chi connectivity index (χ0) is 17.3. The number of carboxylic acid groups (broad SMARTS) is 1. The van der Waals surface area contributed by atoms with Gasteiger partial charge < -0.3 is 10.8 Å². The molecule has 0 unspecified atom stereocenters. The molecule has 1 aliphatic rings. The van der Waals surface area contributed by atoms with Crippen LogP contribution in [0.4, 0.5) is 5.69 Å². The number of carbonyl (C=O) groups is 1. The van der Waals surface area contributed by atoms with Crippen molar-refractivity contribution in [2.75, 3.05) is 18.8 Å². The second-order valence-corrected chi connectivity index (χ2v) is 7.73. The molecule has 3 N–H and O–H groups in total. The van der Waals surface area contributed by atoms with Crippen LogP contribution in [0.5, 0.6) is 0 Å². The zero-order valence-corrected chi connectivity index (χ0v) is 13.8. The van der Waals surface area contributed by atoms with Crippen molar-refractivity contribution < 1.29 is 18.3 Å². The third-order valence-electron chi connectivity index (χ3n) is 4.07. The van der Waals surface area contributed by atoms with Crippen LogP contribution in [0.3, 0.4) is 0 Å². The van der Waals surface area contributed by atoms with Crippen molar-refractivity contribution in [3.63, 3.8) is 0 Å². The largest absolute Gasteiger partial charge is 0.478 e. The van der Waals surface area contributed by atoms with Gasteiger partial charge in [-0.1, -0.05) is 12.1 Å². The fourth-order valence-electron chi connectivity index (χ4n) is 2.86. The molecule has 126 valence electrons. The molecule has 2 aromatic carbocycles. The van der Waals surface area contributed by atoms with Gasteiger partial charge >= 0.3 is 5.97 Å². The number of benzene rings is 2. The maximum Gasteiger partial charge on any atom is 0.335 e. The Labute approximate surface area is 140 Å². The van der Waals surface area contributed by atoms with Crippen LogP contribution in [-0.2, 0) is 10.0 Å². The van der Waals surface area contributed by atoms with Crippen molar-refractivity contribution >= 4 is 21.7 Å². The lowest BCUT2D eigenvalue weighted by molar-refractivity contribution is 0.0697. The standard InChI is InChI=1S/C17H18N2O4S/c18-15-9-13(8-14(10-15)17(20)21)12-4-3-5-16(11-12)24(22,23)19-6-1-2-7-19/h3-5,8-11H,1-2,6-7,18H2,(H,20,21). The number of nitrogen functional groups attached to an aromatic ring is 1. The van der Waals surface area contributed by atoms with Crippen LogP contribution in [-0.4, -0.2) is 36.9 Å². The van der Waals surface area contributed by atoms with Gasteiger partial charge in [0.15, 0.2) is 0 Å². The van der Waals surface area contributed by atoms with Gasteiger partial charge in [0.05, 0.1) is 10.5 Å². The first-order chi connectivity index (χ1) is 11.4. The van der Waals surface area contributed by atoms with E-state index in [1.807, 2.05) is 0 Å². The van der Waals surface area contributed by atoms with Crippen molar-refractivity contribution in [2.24, 2.45) is 0 Å². The van der Waals surface area contributed by atoms with Crippen LogP contribution in [0.15, 0.2) is 47.4 Å². The lowest BCUT2D eigenvalue weighted by atomic mass is 10.0. The molecule has 3 rings (SSSR count). The number of nitrogens with zero attached hydrogens (tertiary/aromatic N) is 1. The smallest absolute Gasteiger partial charge is 0.335 e. The molecule has 0 spiro atoms. The van der Waals surface area contributed by atoms with Gasteiger partial charge in [-0.2, -0.15) is 4.31 Å². The maximum absolute atomic E-state index is 12.7. The van der Waals surface area contributed by atoms with Gasteiger partial charge in [-0.05, 0) is 54.3 Å². The first kappa shape index (κ1) is 16.5. The SMILES string of the molecule is Nc1cc(C(=O)O)cc(-c2cccc(S(=O)(=O)N3CCCC3)c2)c1. The third-order valence-corrected chi connectivity index (χ3v) is 5.97. The lowest BCUT2D eigenvalue weighted by Crippen LogP contribution is -2.27. The molecule has 24 heavy (non-hydrogen) atoms. The molecule has 7 heteroatoms. The lowest BCUT2D eigenvalue weighted by Gasteiger charge is -2.16. The number of carboxylic acids is 1. The second-order valence-electron chi connectivity index (χ2n) is 5.79. The Hall–Kier alpha value is -2.38. The van der Waals surface area contributed by atoms with E-state index in [9.17, 15) is 13.2 Å². The molecule has 0 bridgehead atoms. The van der Waals surface area contributed by atoms with Crippen LogP contribution in [0.2, 0.25) is 0 Å². The van der Waals surface area contributed by atoms with Crippen molar-refractivity contribution in [1.82, 2.24) is 4.31 Å². The van der Waals surface area contributed by atoms with E-state index in [0.29, 0.717) is 29.9 Å². The van der Waals surface area contributed by atoms with E-state index in [2.05, 4.69) is 0 Å². The molecule has 6 nitrogen and oxygen atoms in total. The zero-order valence-electron chi connectivity index (χ0n) is 13.0. The Morgan fingerprint density at radius 1 is 1.04 bits per heavy atom. The molecule has 0 aromatic heterocycles. The van der Waals surface area contributed by atoms with Gasteiger partial charge in [0.2, 0.25) is 10.0 Å². The number of sulfonamides is 1. The predicted molar refractivity (Wildman–Crippen MR) is 91.2 cm³/mol. The minimum absolute atomic E-state index is 0.0674. The molecule has 0 aliphatic carbocycles. The Bertz CT molecular complexity index is 887. The number of hydrogen-bond donors (Lipinski definition) is 2. The summed E-state index contributed by atoms with van der Waals surface area (Å²) < 4.78 is 26.8. The van der Waals surface area contributed by atoms with E-state index in [-0.39, 0.29) is 10.5 Å². The van der Waals surface area contributed by atoms with E-state index >= 15 is 0 Å². The first-order valence-electron chi connectivity index (χ1n) is 7.62. The summed E-state index contributed by atoms with van der Waals surface area (Å²) in [6.45, 7) is 1.07. The van der Waals surface area contributed by atoms with Crippen molar-refractivity contribution in [3.05, 3.63) is 48.0 Å². The van der Waals surface area contributed by atoms with Gasteiger partial charge in [0.25, 0.3) is 0 Å². The van der Waals surface area contributed by atoms with Crippen LogP contribution < -0.4 is 5.73 Å². The summed E-state index contributed by atoms with van der Waals surface area (Å²) in [6, 6.07) is 11.0. The fourth-order valence-corrected chi connectivity index (χ4v) is 4.42. The predicted octanol–water partition coefficient (Wildman–Crippen LogP) is 2.42. The summed E-state index contributed by atoms with van der Waals surface area (Å²) in [4.78, 5) is 11.4. The number of rotatable bonds is 4. The van der Waals surface area contributed by atoms with Crippen molar-refractivity contribution in [2.45, 2.75) is 17.7 Å². The quantitative estimate of drug-likeness (QED) is 0.828. The van der Waals surface area contributed by atoms with Crippen molar-refractivity contribution in [1.29, 1.82) is 0 Å². The fraction of sp³-hybridized carbons (Fsp3) is 0.235. The highest BCUT2D eigenvalue weighted by molar-refractivity contribution is 7.89. The molecule has 1 fully saturated rings. The summed E-state index contributed by atoms with van der Waals surface area (Å²) in [6.07, 6.45) is 1.74.